The van der Waals surface area contributed by atoms with Crippen molar-refractivity contribution in [3.8, 4) is 0 Å². The summed E-state index contributed by atoms with van der Waals surface area (Å²) in [4.78, 5) is 10.9. The van der Waals surface area contributed by atoms with E-state index < -0.39 is 5.97 Å². The summed E-state index contributed by atoms with van der Waals surface area (Å²) in [6, 6.07) is 1.42. The van der Waals surface area contributed by atoms with Gasteiger partial charge in [0, 0.05) is 6.07 Å². The molecule has 0 saturated carbocycles. The molecule has 0 bridgehead atoms. The summed E-state index contributed by atoms with van der Waals surface area (Å²) in [5, 5.41) is 0.188. The third-order valence-electron chi connectivity index (χ3n) is 1.08. The first kappa shape index (κ1) is 8.14. The molecule has 11 heavy (non-hydrogen) atoms. The molecule has 0 radical (unpaired) electrons. The molecule has 0 aliphatic rings. The summed E-state index contributed by atoms with van der Waals surface area (Å²) in [6.45, 7) is 2.08. The van der Waals surface area contributed by atoms with E-state index in [2.05, 4.69) is 4.74 Å². The summed E-state index contributed by atoms with van der Waals surface area (Å²) >= 11 is 5.43. The molecule has 0 atom stereocenters. The van der Waals surface area contributed by atoms with Crippen molar-refractivity contribution >= 4 is 17.6 Å². The molecule has 1 aromatic rings. The van der Waals surface area contributed by atoms with Gasteiger partial charge in [0.25, 0.3) is 0 Å². The van der Waals surface area contributed by atoms with Crippen LogP contribution in [0.3, 0.4) is 0 Å². The second-order valence-corrected chi connectivity index (χ2v) is 2.23. The Hall–Kier alpha value is -0.960. The number of ether oxygens (including phenoxy) is 1. The number of furan rings is 1. The predicted molar refractivity (Wildman–Crippen MR) is 39.7 cm³/mol. The van der Waals surface area contributed by atoms with Crippen molar-refractivity contribution in [2.24, 2.45) is 0 Å². The number of rotatable bonds is 2. The van der Waals surface area contributed by atoms with Crippen molar-refractivity contribution in [3.05, 3.63) is 23.1 Å². The zero-order valence-electron chi connectivity index (χ0n) is 5.96. The minimum Gasteiger partial charge on any atom is -0.462 e. The average molecular weight is 175 g/mol. The highest BCUT2D eigenvalue weighted by Crippen LogP contribution is 2.13. The van der Waals surface area contributed by atoms with Gasteiger partial charge >= 0.3 is 5.97 Å². The van der Waals surface area contributed by atoms with Gasteiger partial charge in [-0.3, -0.25) is 0 Å². The summed E-state index contributed by atoms with van der Waals surface area (Å²) in [7, 11) is 0. The van der Waals surface area contributed by atoms with Crippen molar-refractivity contribution in [2.75, 3.05) is 6.61 Å². The minimum atomic E-state index is -0.414. The third-order valence-corrected chi connectivity index (χ3v) is 1.28. The van der Waals surface area contributed by atoms with Gasteiger partial charge in [0.15, 0.2) is 5.22 Å². The van der Waals surface area contributed by atoms with Gasteiger partial charge in [0.1, 0.15) is 6.26 Å². The molecule has 0 amide bonds. The Morgan fingerprint density at radius 2 is 2.55 bits per heavy atom. The van der Waals surface area contributed by atoms with E-state index in [1.54, 1.807) is 6.92 Å². The van der Waals surface area contributed by atoms with Crippen molar-refractivity contribution < 1.29 is 13.9 Å². The highest BCUT2D eigenvalue weighted by atomic mass is 35.5. The van der Waals surface area contributed by atoms with Crippen molar-refractivity contribution in [1.82, 2.24) is 0 Å². The van der Waals surface area contributed by atoms with Gasteiger partial charge in [0.2, 0.25) is 0 Å². The Kier molecular flexibility index (Phi) is 2.54. The molecule has 1 aromatic heterocycles. The maximum absolute atomic E-state index is 10.9. The SMILES string of the molecule is CCOC(=O)c1coc(Cl)c1. The van der Waals surface area contributed by atoms with Gasteiger partial charge in [-0.2, -0.15) is 0 Å². The Morgan fingerprint density at radius 3 is 3.00 bits per heavy atom. The second-order valence-electron chi connectivity index (χ2n) is 1.86. The van der Waals surface area contributed by atoms with E-state index >= 15 is 0 Å². The zero-order chi connectivity index (χ0) is 8.27. The van der Waals surface area contributed by atoms with Gasteiger partial charge in [-0.15, -0.1) is 0 Å². The van der Waals surface area contributed by atoms with Crippen molar-refractivity contribution in [2.45, 2.75) is 6.92 Å². The van der Waals surface area contributed by atoms with Gasteiger partial charge in [-0.1, -0.05) is 0 Å². The first-order valence-corrected chi connectivity index (χ1v) is 3.53. The first-order chi connectivity index (χ1) is 5.24. The summed E-state index contributed by atoms with van der Waals surface area (Å²) < 4.78 is 9.38. The maximum atomic E-state index is 10.9. The normalized spacial score (nSPS) is 9.64. The minimum absolute atomic E-state index is 0.188. The molecule has 0 unspecified atom stereocenters. The summed E-state index contributed by atoms with van der Waals surface area (Å²) in [6.07, 6.45) is 1.26. The topological polar surface area (TPSA) is 39.4 Å². The van der Waals surface area contributed by atoms with Crippen LogP contribution in [-0.4, -0.2) is 12.6 Å². The summed E-state index contributed by atoms with van der Waals surface area (Å²) in [5.41, 5.74) is 0.344. The number of carbonyl (C=O) groups excluding carboxylic acids is 1. The molecular formula is C7H7ClO3. The van der Waals surface area contributed by atoms with Crippen LogP contribution in [0.25, 0.3) is 0 Å². The van der Waals surface area contributed by atoms with Crippen LogP contribution in [0.4, 0.5) is 0 Å². The fourth-order valence-electron chi connectivity index (χ4n) is 0.632. The Balaban J connectivity index is 2.69. The molecule has 60 valence electrons. The number of carbonyl (C=O) groups is 1. The van der Waals surface area contributed by atoms with Crippen LogP contribution in [0.15, 0.2) is 16.7 Å². The van der Waals surface area contributed by atoms with Crippen LogP contribution < -0.4 is 0 Å². The molecule has 0 spiro atoms. The van der Waals surface area contributed by atoms with Crippen molar-refractivity contribution in [3.63, 3.8) is 0 Å². The largest absolute Gasteiger partial charge is 0.462 e. The third kappa shape index (κ3) is 1.98. The zero-order valence-corrected chi connectivity index (χ0v) is 6.72. The highest BCUT2D eigenvalue weighted by Gasteiger charge is 2.08. The van der Waals surface area contributed by atoms with Crippen LogP contribution in [0.2, 0.25) is 5.22 Å². The van der Waals surface area contributed by atoms with E-state index in [9.17, 15) is 4.79 Å². The Labute approximate surface area is 68.9 Å². The lowest BCUT2D eigenvalue weighted by molar-refractivity contribution is 0.0525. The van der Waals surface area contributed by atoms with Gasteiger partial charge < -0.3 is 9.15 Å². The monoisotopic (exact) mass is 174 g/mol. The standard InChI is InChI=1S/C7H7ClO3/c1-2-10-7(9)5-3-6(8)11-4-5/h3-4H,2H2,1H3. The molecule has 0 aliphatic carbocycles. The molecule has 1 rings (SSSR count). The maximum Gasteiger partial charge on any atom is 0.341 e. The van der Waals surface area contributed by atoms with Crippen LogP contribution in [0.1, 0.15) is 17.3 Å². The average Bonchev–Trinajstić information content (AvgIpc) is 2.36. The van der Waals surface area contributed by atoms with Crippen LogP contribution in [-0.2, 0) is 4.74 Å². The molecule has 3 nitrogen and oxygen atoms in total. The fraction of sp³-hybridized carbons (Fsp3) is 0.286. The number of hydrogen-bond donors (Lipinski definition) is 0. The highest BCUT2D eigenvalue weighted by molar-refractivity contribution is 6.29. The van der Waals surface area contributed by atoms with Crippen LogP contribution in [0.5, 0.6) is 0 Å². The fourth-order valence-corrected chi connectivity index (χ4v) is 0.794. The predicted octanol–water partition coefficient (Wildman–Crippen LogP) is 2.11. The lowest BCUT2D eigenvalue weighted by Crippen LogP contribution is -2.02. The Morgan fingerprint density at radius 1 is 1.82 bits per heavy atom. The molecule has 0 fully saturated rings. The van der Waals surface area contributed by atoms with Gasteiger partial charge in [-0.25, -0.2) is 4.79 Å². The van der Waals surface area contributed by atoms with Gasteiger partial charge in [-0.05, 0) is 18.5 Å². The summed E-state index contributed by atoms with van der Waals surface area (Å²) in [5.74, 6) is -0.414. The van der Waals surface area contributed by atoms with E-state index in [1.807, 2.05) is 0 Å². The quantitative estimate of drug-likeness (QED) is 0.645. The lowest BCUT2D eigenvalue weighted by Gasteiger charge is -1.95. The molecular weight excluding hydrogens is 168 g/mol. The van der Waals surface area contributed by atoms with Crippen molar-refractivity contribution in [1.29, 1.82) is 0 Å². The number of esters is 1. The lowest BCUT2D eigenvalue weighted by atomic mass is 10.3. The van der Waals surface area contributed by atoms with E-state index in [0.717, 1.165) is 0 Å². The number of halogens is 1. The first-order valence-electron chi connectivity index (χ1n) is 3.15. The smallest absolute Gasteiger partial charge is 0.341 e. The van der Waals surface area contributed by atoms with Crippen LogP contribution >= 0.6 is 11.6 Å². The molecule has 0 saturated heterocycles. The second kappa shape index (κ2) is 3.44. The van der Waals surface area contributed by atoms with Gasteiger partial charge in [0.05, 0.1) is 12.2 Å². The van der Waals surface area contributed by atoms with E-state index in [-0.39, 0.29) is 5.22 Å². The number of hydrogen-bond acceptors (Lipinski definition) is 3. The molecule has 1 heterocycles. The molecule has 0 N–H and O–H groups in total. The molecule has 4 heteroatoms. The van der Waals surface area contributed by atoms with E-state index in [0.29, 0.717) is 12.2 Å². The molecule has 0 aromatic carbocycles. The van der Waals surface area contributed by atoms with Crippen LogP contribution in [0, 0.1) is 0 Å². The van der Waals surface area contributed by atoms with E-state index in [1.165, 1.54) is 12.3 Å². The molecule has 0 aliphatic heterocycles. The van der Waals surface area contributed by atoms with E-state index in [4.69, 9.17) is 16.0 Å². The Bertz CT molecular complexity index is 254.